The number of ether oxygens (including phenoxy) is 1. The van der Waals surface area contributed by atoms with Crippen LogP contribution < -0.4 is 10.4 Å². The topological polar surface area (TPSA) is 79.8 Å². The Labute approximate surface area is 173 Å². The molecule has 0 radical (unpaired) electrons. The van der Waals surface area contributed by atoms with E-state index in [0.717, 1.165) is 15.7 Å². The molecule has 2 aromatic heterocycles. The van der Waals surface area contributed by atoms with Gasteiger partial charge >= 0.3 is 5.69 Å². The molecule has 0 atom stereocenters. The Bertz CT molecular complexity index is 1180. The van der Waals surface area contributed by atoms with Crippen LogP contribution in [0.4, 0.5) is 0 Å². The maximum Gasteiger partial charge on any atom is 0.368 e. The minimum Gasteiger partial charge on any atom is -0.472 e. The summed E-state index contributed by atoms with van der Waals surface area (Å²) in [4.78, 5) is 12.2. The van der Waals surface area contributed by atoms with Gasteiger partial charge in [0, 0.05) is 34.4 Å². The maximum absolute atomic E-state index is 12.2. The quantitative estimate of drug-likeness (QED) is 0.456. The Kier molecular flexibility index (Phi) is 5.01. The number of hydrogen-bond acceptors (Lipinski definition) is 5. The summed E-state index contributed by atoms with van der Waals surface area (Å²) in [7, 11) is 1.55. The number of aryl methyl sites for hydroxylation is 1. The molecule has 4 rings (SSSR count). The van der Waals surface area contributed by atoms with Crippen LogP contribution in [-0.2, 0) is 13.7 Å². The normalized spacial score (nSPS) is 11.0. The van der Waals surface area contributed by atoms with E-state index in [1.165, 1.54) is 9.36 Å². The van der Waals surface area contributed by atoms with Crippen LogP contribution >= 0.6 is 27.5 Å². The predicted molar refractivity (Wildman–Crippen MR) is 107 cm³/mol. The summed E-state index contributed by atoms with van der Waals surface area (Å²) in [5, 5.41) is 12.7. The summed E-state index contributed by atoms with van der Waals surface area (Å²) in [5.74, 6) is 0.447. The summed E-state index contributed by atoms with van der Waals surface area (Å²) in [6, 6.07) is 14.6. The standard InChI is InChI=1S/C18H14BrClN6O2/c1-24-18(27)26(23-22-24)16-4-2-3-15(19)14(16)11-28-17-9-10-25(21-17)13-7-5-12(20)6-8-13/h2-10H,11H2,1H3. The molecular formula is C18H14BrClN6O2. The molecule has 0 spiro atoms. The molecule has 0 aliphatic carbocycles. The van der Waals surface area contributed by atoms with Crippen LogP contribution in [0.15, 0.2) is 64.0 Å². The van der Waals surface area contributed by atoms with Crippen molar-refractivity contribution in [3.63, 3.8) is 0 Å². The highest BCUT2D eigenvalue weighted by Gasteiger charge is 2.15. The molecule has 0 fully saturated rings. The highest BCUT2D eigenvalue weighted by molar-refractivity contribution is 9.10. The van der Waals surface area contributed by atoms with E-state index < -0.39 is 0 Å². The van der Waals surface area contributed by atoms with E-state index in [2.05, 4.69) is 31.5 Å². The molecule has 0 saturated heterocycles. The van der Waals surface area contributed by atoms with Gasteiger partial charge in [-0.3, -0.25) is 0 Å². The third-order valence-electron chi connectivity index (χ3n) is 4.06. The van der Waals surface area contributed by atoms with Crippen LogP contribution in [0.2, 0.25) is 5.02 Å². The second-order valence-corrected chi connectivity index (χ2v) is 7.19. The third kappa shape index (κ3) is 3.58. The Hall–Kier alpha value is -2.91. The maximum atomic E-state index is 12.2. The Balaban J connectivity index is 1.58. The van der Waals surface area contributed by atoms with Crippen molar-refractivity contribution in [3.8, 4) is 17.3 Å². The van der Waals surface area contributed by atoms with Gasteiger partial charge in [-0.2, -0.15) is 9.36 Å². The molecule has 0 unspecified atom stereocenters. The molecule has 4 aromatic rings. The van der Waals surface area contributed by atoms with Crippen molar-refractivity contribution in [1.82, 2.24) is 29.6 Å². The second kappa shape index (κ2) is 7.61. The summed E-state index contributed by atoms with van der Waals surface area (Å²) in [6.45, 7) is 0.192. The van der Waals surface area contributed by atoms with E-state index in [0.29, 0.717) is 16.6 Å². The van der Waals surface area contributed by atoms with E-state index in [1.54, 1.807) is 42.2 Å². The highest BCUT2D eigenvalue weighted by atomic mass is 79.9. The molecule has 10 heteroatoms. The van der Waals surface area contributed by atoms with Crippen molar-refractivity contribution in [2.24, 2.45) is 7.05 Å². The lowest BCUT2D eigenvalue weighted by Crippen LogP contribution is -2.23. The number of hydrogen-bond donors (Lipinski definition) is 0. The molecule has 0 bridgehead atoms. The summed E-state index contributed by atoms with van der Waals surface area (Å²) in [5.41, 5.74) is 1.87. The first-order chi connectivity index (χ1) is 13.5. The molecule has 0 saturated carbocycles. The SMILES string of the molecule is Cn1nnn(-c2cccc(Br)c2COc2ccn(-c3ccc(Cl)cc3)n2)c1=O. The van der Waals surface area contributed by atoms with Crippen LogP contribution in [0.25, 0.3) is 11.4 Å². The van der Waals surface area contributed by atoms with Crippen molar-refractivity contribution in [1.29, 1.82) is 0 Å². The number of halogens is 2. The van der Waals surface area contributed by atoms with E-state index >= 15 is 0 Å². The largest absolute Gasteiger partial charge is 0.472 e. The van der Waals surface area contributed by atoms with Crippen LogP contribution in [0.1, 0.15) is 5.56 Å². The smallest absolute Gasteiger partial charge is 0.368 e. The molecule has 142 valence electrons. The molecule has 2 aromatic carbocycles. The Morgan fingerprint density at radius 2 is 1.89 bits per heavy atom. The fraction of sp³-hybridized carbons (Fsp3) is 0.111. The van der Waals surface area contributed by atoms with Crippen molar-refractivity contribution in [2.45, 2.75) is 6.61 Å². The zero-order valence-corrected chi connectivity index (χ0v) is 17.0. The first-order valence-electron chi connectivity index (χ1n) is 8.24. The Morgan fingerprint density at radius 1 is 1.11 bits per heavy atom. The minimum absolute atomic E-state index is 0.192. The van der Waals surface area contributed by atoms with Crippen LogP contribution in [0, 0.1) is 0 Å². The second-order valence-electron chi connectivity index (χ2n) is 5.90. The zero-order valence-electron chi connectivity index (χ0n) is 14.7. The van der Waals surface area contributed by atoms with Gasteiger partial charge in [-0.05, 0) is 46.8 Å². The Morgan fingerprint density at radius 3 is 2.61 bits per heavy atom. The summed E-state index contributed by atoms with van der Waals surface area (Å²) >= 11 is 9.43. The van der Waals surface area contributed by atoms with Crippen molar-refractivity contribution in [2.75, 3.05) is 0 Å². The summed E-state index contributed by atoms with van der Waals surface area (Å²) in [6.07, 6.45) is 1.80. The molecule has 2 heterocycles. The van der Waals surface area contributed by atoms with Gasteiger partial charge in [0.1, 0.15) is 6.61 Å². The predicted octanol–water partition coefficient (Wildman–Crippen LogP) is 3.15. The minimum atomic E-state index is -0.341. The molecule has 28 heavy (non-hydrogen) atoms. The first kappa shape index (κ1) is 18.5. The molecule has 0 N–H and O–H groups in total. The summed E-state index contributed by atoms with van der Waals surface area (Å²) < 4.78 is 10.7. The fourth-order valence-corrected chi connectivity index (χ4v) is 3.22. The lowest BCUT2D eigenvalue weighted by atomic mass is 10.2. The number of tetrazole rings is 1. The first-order valence-corrected chi connectivity index (χ1v) is 9.41. The monoisotopic (exact) mass is 460 g/mol. The fourth-order valence-electron chi connectivity index (χ4n) is 2.62. The van der Waals surface area contributed by atoms with Gasteiger partial charge in [-0.25, -0.2) is 9.48 Å². The van der Waals surface area contributed by atoms with Gasteiger partial charge in [0.05, 0.1) is 11.4 Å². The average Bonchev–Trinajstić information content (AvgIpc) is 3.29. The number of rotatable bonds is 5. The van der Waals surface area contributed by atoms with Gasteiger partial charge in [-0.1, -0.05) is 33.6 Å². The number of nitrogens with zero attached hydrogens (tertiary/aromatic N) is 6. The molecule has 8 nitrogen and oxygen atoms in total. The van der Waals surface area contributed by atoms with Crippen LogP contribution in [0.5, 0.6) is 5.88 Å². The van der Waals surface area contributed by atoms with E-state index in [-0.39, 0.29) is 12.3 Å². The van der Waals surface area contributed by atoms with Gasteiger partial charge < -0.3 is 4.74 Å². The highest BCUT2D eigenvalue weighted by Crippen LogP contribution is 2.24. The van der Waals surface area contributed by atoms with Crippen LogP contribution in [0.3, 0.4) is 0 Å². The van der Waals surface area contributed by atoms with Crippen molar-refractivity contribution >= 4 is 27.5 Å². The van der Waals surface area contributed by atoms with Crippen molar-refractivity contribution in [3.05, 3.63) is 80.3 Å². The van der Waals surface area contributed by atoms with Gasteiger partial charge in [-0.15, -0.1) is 5.10 Å². The zero-order chi connectivity index (χ0) is 19.7. The third-order valence-corrected chi connectivity index (χ3v) is 5.06. The van der Waals surface area contributed by atoms with Crippen LogP contribution in [-0.4, -0.2) is 29.6 Å². The lowest BCUT2D eigenvalue weighted by molar-refractivity contribution is 0.290. The van der Waals surface area contributed by atoms with Gasteiger partial charge in [0.15, 0.2) is 0 Å². The van der Waals surface area contributed by atoms with Gasteiger partial charge in [0.2, 0.25) is 5.88 Å². The molecular weight excluding hydrogens is 448 g/mol. The molecule has 0 amide bonds. The number of aromatic nitrogens is 6. The number of benzene rings is 2. The molecule has 0 aliphatic heterocycles. The molecule has 0 aliphatic rings. The van der Waals surface area contributed by atoms with E-state index in [9.17, 15) is 4.79 Å². The lowest BCUT2D eigenvalue weighted by Gasteiger charge is -2.10. The van der Waals surface area contributed by atoms with Crippen molar-refractivity contribution < 1.29 is 4.74 Å². The average molecular weight is 462 g/mol. The van der Waals surface area contributed by atoms with E-state index in [1.807, 2.05) is 24.3 Å². The van der Waals surface area contributed by atoms with E-state index in [4.69, 9.17) is 16.3 Å². The van der Waals surface area contributed by atoms with Gasteiger partial charge in [0.25, 0.3) is 0 Å².